The minimum absolute atomic E-state index is 0.0115. The number of nitriles is 1. The van der Waals surface area contributed by atoms with Crippen LogP contribution in [-0.4, -0.2) is 5.91 Å². The lowest BCUT2D eigenvalue weighted by Gasteiger charge is -2.14. The van der Waals surface area contributed by atoms with E-state index >= 15 is 0 Å². The van der Waals surface area contributed by atoms with Crippen molar-refractivity contribution in [1.29, 1.82) is 5.26 Å². The number of fused-ring (bicyclic) bond motifs is 1. The lowest BCUT2D eigenvalue weighted by Crippen LogP contribution is -2.26. The number of amides is 1. The van der Waals surface area contributed by atoms with Gasteiger partial charge in [0.25, 0.3) is 0 Å². The number of nitrogens with one attached hydrogen (secondary N) is 1. The standard InChI is InChI=1S/C11H10N2O/c1-11(2)8-4-3-7(6-12)5-9(8)13-10(11)14/h3-5H,1-2H3,(H,13,14). The van der Waals surface area contributed by atoms with Gasteiger partial charge in [-0.3, -0.25) is 4.79 Å². The van der Waals surface area contributed by atoms with E-state index in [1.165, 1.54) is 0 Å². The Hall–Kier alpha value is -1.82. The molecule has 0 aromatic heterocycles. The molecule has 3 nitrogen and oxygen atoms in total. The Bertz CT molecular complexity index is 455. The number of hydrogen-bond acceptors (Lipinski definition) is 2. The second-order valence-corrected chi connectivity index (χ2v) is 3.95. The van der Waals surface area contributed by atoms with Crippen LogP contribution in [0, 0.1) is 11.3 Å². The van der Waals surface area contributed by atoms with Crippen molar-refractivity contribution in [1.82, 2.24) is 0 Å². The van der Waals surface area contributed by atoms with E-state index in [0.717, 1.165) is 11.3 Å². The van der Waals surface area contributed by atoms with Crippen molar-refractivity contribution >= 4 is 11.6 Å². The molecule has 0 saturated carbocycles. The molecule has 1 N–H and O–H groups in total. The van der Waals surface area contributed by atoms with Gasteiger partial charge in [0.2, 0.25) is 5.91 Å². The van der Waals surface area contributed by atoms with Crippen LogP contribution in [0.2, 0.25) is 0 Å². The Morgan fingerprint density at radius 3 is 2.79 bits per heavy atom. The van der Waals surface area contributed by atoms with Crippen LogP contribution in [0.25, 0.3) is 0 Å². The van der Waals surface area contributed by atoms with Crippen LogP contribution >= 0.6 is 0 Å². The van der Waals surface area contributed by atoms with Crippen molar-refractivity contribution in [2.24, 2.45) is 0 Å². The van der Waals surface area contributed by atoms with Crippen LogP contribution in [0.3, 0.4) is 0 Å². The molecule has 0 radical (unpaired) electrons. The normalized spacial score (nSPS) is 17.1. The van der Waals surface area contributed by atoms with E-state index in [1.54, 1.807) is 12.1 Å². The first-order valence-corrected chi connectivity index (χ1v) is 4.42. The van der Waals surface area contributed by atoms with E-state index in [4.69, 9.17) is 5.26 Å². The second kappa shape index (κ2) is 2.58. The van der Waals surface area contributed by atoms with Gasteiger partial charge in [-0.15, -0.1) is 0 Å². The maximum atomic E-state index is 11.6. The minimum atomic E-state index is -0.483. The Kier molecular flexibility index (Phi) is 1.62. The highest BCUT2D eigenvalue weighted by molar-refractivity contribution is 6.05. The van der Waals surface area contributed by atoms with E-state index in [0.29, 0.717) is 5.56 Å². The van der Waals surface area contributed by atoms with Gasteiger partial charge in [0.15, 0.2) is 0 Å². The van der Waals surface area contributed by atoms with Crippen molar-refractivity contribution in [3.05, 3.63) is 29.3 Å². The fourth-order valence-electron chi connectivity index (χ4n) is 1.66. The summed E-state index contributed by atoms with van der Waals surface area (Å²) in [7, 11) is 0. The summed E-state index contributed by atoms with van der Waals surface area (Å²) < 4.78 is 0. The second-order valence-electron chi connectivity index (χ2n) is 3.95. The number of benzene rings is 1. The van der Waals surface area contributed by atoms with Crippen molar-refractivity contribution < 1.29 is 4.79 Å². The monoisotopic (exact) mass is 186 g/mol. The van der Waals surface area contributed by atoms with Crippen LogP contribution in [-0.2, 0) is 10.2 Å². The van der Waals surface area contributed by atoms with Crippen molar-refractivity contribution in [3.8, 4) is 6.07 Å². The fourth-order valence-corrected chi connectivity index (χ4v) is 1.66. The summed E-state index contributed by atoms with van der Waals surface area (Å²) in [5.74, 6) is -0.0115. The SMILES string of the molecule is CC1(C)C(=O)Nc2cc(C#N)ccc21. The highest BCUT2D eigenvalue weighted by atomic mass is 16.2. The zero-order valence-electron chi connectivity index (χ0n) is 8.09. The van der Waals surface area contributed by atoms with Crippen LogP contribution in [0.4, 0.5) is 5.69 Å². The summed E-state index contributed by atoms with van der Waals surface area (Å²) in [6.45, 7) is 3.75. The Balaban J connectivity index is 2.61. The molecule has 0 aliphatic carbocycles. The maximum absolute atomic E-state index is 11.6. The first kappa shape index (κ1) is 8.76. The Labute approximate surface area is 82.4 Å². The highest BCUT2D eigenvalue weighted by Gasteiger charge is 2.38. The summed E-state index contributed by atoms with van der Waals surface area (Å²) in [6, 6.07) is 7.33. The molecule has 0 fully saturated rings. The van der Waals surface area contributed by atoms with Gasteiger partial charge >= 0.3 is 0 Å². The summed E-state index contributed by atoms with van der Waals surface area (Å²) in [6.07, 6.45) is 0. The smallest absolute Gasteiger partial charge is 0.234 e. The zero-order chi connectivity index (χ0) is 10.3. The molecule has 0 saturated heterocycles. The molecule has 1 amide bonds. The Morgan fingerprint density at radius 1 is 1.43 bits per heavy atom. The average molecular weight is 186 g/mol. The summed E-state index contributed by atoms with van der Waals surface area (Å²) >= 11 is 0. The van der Waals surface area contributed by atoms with Gasteiger partial charge in [-0.25, -0.2) is 0 Å². The van der Waals surface area contributed by atoms with Gasteiger partial charge in [-0.1, -0.05) is 6.07 Å². The number of carbonyl (C=O) groups excluding carboxylic acids is 1. The lowest BCUT2D eigenvalue weighted by atomic mass is 9.86. The van der Waals surface area contributed by atoms with E-state index in [2.05, 4.69) is 5.32 Å². The van der Waals surface area contributed by atoms with E-state index in [1.807, 2.05) is 26.0 Å². The predicted molar refractivity (Wildman–Crippen MR) is 52.8 cm³/mol. The molecular formula is C11H10N2O. The van der Waals surface area contributed by atoms with Crippen molar-refractivity contribution in [2.45, 2.75) is 19.3 Å². The minimum Gasteiger partial charge on any atom is -0.325 e. The van der Waals surface area contributed by atoms with Crippen molar-refractivity contribution in [2.75, 3.05) is 5.32 Å². The molecule has 2 rings (SSSR count). The van der Waals surface area contributed by atoms with Crippen LogP contribution < -0.4 is 5.32 Å². The Morgan fingerprint density at radius 2 is 2.14 bits per heavy atom. The molecule has 1 heterocycles. The third-order valence-corrected chi connectivity index (χ3v) is 2.64. The molecule has 1 aliphatic rings. The zero-order valence-corrected chi connectivity index (χ0v) is 8.09. The van der Waals surface area contributed by atoms with Gasteiger partial charge < -0.3 is 5.32 Å². The molecular weight excluding hydrogens is 176 g/mol. The first-order valence-electron chi connectivity index (χ1n) is 4.42. The van der Waals surface area contributed by atoms with Crippen LogP contribution in [0.15, 0.2) is 18.2 Å². The topological polar surface area (TPSA) is 52.9 Å². The van der Waals surface area contributed by atoms with Crippen molar-refractivity contribution in [3.63, 3.8) is 0 Å². The van der Waals surface area contributed by atoms with E-state index < -0.39 is 5.41 Å². The van der Waals surface area contributed by atoms with Gasteiger partial charge in [0.1, 0.15) is 0 Å². The lowest BCUT2D eigenvalue weighted by molar-refractivity contribution is -0.119. The molecule has 3 heteroatoms. The molecule has 14 heavy (non-hydrogen) atoms. The fraction of sp³-hybridized carbons (Fsp3) is 0.273. The quantitative estimate of drug-likeness (QED) is 0.671. The molecule has 0 atom stereocenters. The molecule has 70 valence electrons. The van der Waals surface area contributed by atoms with Crippen LogP contribution in [0.5, 0.6) is 0 Å². The van der Waals surface area contributed by atoms with E-state index in [-0.39, 0.29) is 5.91 Å². The summed E-state index contributed by atoms with van der Waals surface area (Å²) in [5.41, 5.74) is 1.81. The van der Waals surface area contributed by atoms with Gasteiger partial charge in [0, 0.05) is 5.69 Å². The van der Waals surface area contributed by atoms with Gasteiger partial charge in [0.05, 0.1) is 17.0 Å². The number of rotatable bonds is 0. The number of carbonyl (C=O) groups is 1. The number of hydrogen-bond donors (Lipinski definition) is 1. The first-order chi connectivity index (χ1) is 6.55. The molecule has 1 aliphatic heterocycles. The maximum Gasteiger partial charge on any atom is 0.234 e. The summed E-state index contributed by atoms with van der Waals surface area (Å²) in [5, 5.41) is 11.5. The van der Waals surface area contributed by atoms with E-state index in [9.17, 15) is 4.79 Å². The third-order valence-electron chi connectivity index (χ3n) is 2.64. The third kappa shape index (κ3) is 1.01. The van der Waals surface area contributed by atoms with Gasteiger partial charge in [-0.2, -0.15) is 5.26 Å². The van der Waals surface area contributed by atoms with Gasteiger partial charge in [-0.05, 0) is 31.5 Å². The molecule has 0 bridgehead atoms. The highest BCUT2D eigenvalue weighted by Crippen LogP contribution is 2.37. The molecule has 1 aromatic carbocycles. The predicted octanol–water partition coefficient (Wildman–Crippen LogP) is 1.79. The molecule has 0 spiro atoms. The number of nitrogens with zero attached hydrogens (tertiary/aromatic N) is 1. The number of anilines is 1. The molecule has 1 aromatic rings. The summed E-state index contributed by atoms with van der Waals surface area (Å²) in [4.78, 5) is 11.6. The average Bonchev–Trinajstić information content (AvgIpc) is 2.38. The van der Waals surface area contributed by atoms with Crippen LogP contribution in [0.1, 0.15) is 25.0 Å². The molecule has 0 unspecified atom stereocenters. The largest absolute Gasteiger partial charge is 0.325 e.